The Hall–Kier alpha value is -4.91. The van der Waals surface area contributed by atoms with Crippen LogP contribution >= 0.6 is 0 Å². The Morgan fingerprint density at radius 1 is 0.543 bits per heavy atom. The summed E-state index contributed by atoms with van der Waals surface area (Å²) in [6.07, 6.45) is 0. The Morgan fingerprint density at radius 3 is 1.49 bits per heavy atom. The largest absolute Gasteiger partial charge is 0.448 e. The van der Waals surface area contributed by atoms with E-state index in [2.05, 4.69) is 5.32 Å². The molecule has 3 aromatic carbocycles. The molecule has 0 saturated heterocycles. The maximum absolute atomic E-state index is 13.9. The van der Waals surface area contributed by atoms with E-state index in [0.717, 1.165) is 0 Å². The van der Waals surface area contributed by atoms with Gasteiger partial charge in [0.25, 0.3) is 0 Å². The molecule has 35 heavy (non-hydrogen) atoms. The van der Waals surface area contributed by atoms with Gasteiger partial charge in [-0.25, -0.2) is 0 Å². The van der Waals surface area contributed by atoms with E-state index in [1.807, 2.05) is 0 Å². The molecule has 2 aliphatic carbocycles. The predicted molar refractivity (Wildman–Crippen MR) is 122 cm³/mol. The number of ether oxygens (including phenoxy) is 1. The minimum absolute atomic E-state index is 0.107. The molecule has 0 aromatic heterocycles. The summed E-state index contributed by atoms with van der Waals surface area (Å²) in [5.74, 6) is -3.96. The van der Waals surface area contributed by atoms with Gasteiger partial charge in [0, 0.05) is 33.5 Å². The van der Waals surface area contributed by atoms with E-state index in [1.54, 1.807) is 48.5 Å². The Bertz CT molecular complexity index is 1600. The first-order chi connectivity index (χ1) is 17.0. The molecule has 4 aliphatic rings. The number of carbonyl (C=O) groups is 5. The Kier molecular flexibility index (Phi) is 3.55. The van der Waals surface area contributed by atoms with Gasteiger partial charge >= 0.3 is 0 Å². The van der Waals surface area contributed by atoms with E-state index in [4.69, 9.17) is 4.74 Å². The van der Waals surface area contributed by atoms with Crippen LogP contribution in [0.25, 0.3) is 0 Å². The maximum atomic E-state index is 13.9. The van der Waals surface area contributed by atoms with Gasteiger partial charge in [-0.05, 0) is 6.07 Å². The van der Waals surface area contributed by atoms with Crippen molar-refractivity contribution in [2.45, 2.75) is 5.41 Å². The van der Waals surface area contributed by atoms with E-state index in [1.165, 1.54) is 24.3 Å². The highest BCUT2D eigenvalue weighted by Crippen LogP contribution is 2.56. The lowest BCUT2D eigenvalue weighted by Crippen LogP contribution is -2.51. The second kappa shape index (κ2) is 6.36. The summed E-state index contributed by atoms with van der Waals surface area (Å²) in [6.45, 7) is 0. The molecule has 1 spiro atoms. The first kappa shape index (κ1) is 19.5. The molecule has 0 radical (unpaired) electrons. The van der Waals surface area contributed by atoms with E-state index < -0.39 is 46.0 Å². The van der Waals surface area contributed by atoms with E-state index in [0.29, 0.717) is 11.3 Å². The number of amides is 1. The Balaban J connectivity index is 1.63. The van der Waals surface area contributed by atoms with Crippen molar-refractivity contribution in [3.8, 4) is 0 Å². The van der Waals surface area contributed by atoms with Crippen molar-refractivity contribution < 1.29 is 28.7 Å². The summed E-state index contributed by atoms with van der Waals surface area (Å²) < 4.78 is 5.86. The molecule has 3 aromatic rings. The maximum Gasteiger partial charge on any atom is 0.244 e. The highest BCUT2D eigenvalue weighted by Gasteiger charge is 2.64. The average molecular weight is 459 g/mol. The number of benzene rings is 3. The summed E-state index contributed by atoms with van der Waals surface area (Å²) in [5, 5.41) is 2.75. The number of rotatable bonds is 0. The summed E-state index contributed by atoms with van der Waals surface area (Å²) >= 11 is 0. The highest BCUT2D eigenvalue weighted by molar-refractivity contribution is 6.37. The number of ketones is 4. The predicted octanol–water partition coefficient (Wildman–Crippen LogP) is 3.57. The lowest BCUT2D eigenvalue weighted by molar-refractivity contribution is -0.118. The van der Waals surface area contributed by atoms with Crippen LogP contribution in [0.2, 0.25) is 0 Å². The molecular weight excluding hydrogens is 446 g/mol. The van der Waals surface area contributed by atoms with Crippen LogP contribution in [0.15, 0.2) is 95.5 Å². The van der Waals surface area contributed by atoms with Crippen molar-refractivity contribution in [1.29, 1.82) is 0 Å². The molecule has 7 heteroatoms. The van der Waals surface area contributed by atoms with Crippen molar-refractivity contribution in [3.05, 3.63) is 123 Å². The van der Waals surface area contributed by atoms with Gasteiger partial charge < -0.3 is 10.1 Å². The third-order valence-corrected chi connectivity index (χ3v) is 7.03. The third-order valence-electron chi connectivity index (χ3n) is 7.03. The fourth-order valence-corrected chi connectivity index (χ4v) is 5.56. The molecular formula is C28H13NO6. The molecule has 7 nitrogen and oxygen atoms in total. The number of carbonyl (C=O) groups excluding carboxylic acids is 5. The lowest BCUT2D eigenvalue weighted by Gasteiger charge is -2.40. The van der Waals surface area contributed by atoms with Crippen LogP contribution < -0.4 is 5.32 Å². The summed E-state index contributed by atoms with van der Waals surface area (Å²) in [4.78, 5) is 68.9. The van der Waals surface area contributed by atoms with Crippen molar-refractivity contribution >= 4 is 34.7 Å². The Labute approximate surface area is 197 Å². The fraction of sp³-hybridized carbons (Fsp3) is 0.0357. The highest BCUT2D eigenvalue weighted by atomic mass is 16.5. The molecule has 1 N–H and O–H groups in total. The zero-order valence-corrected chi connectivity index (χ0v) is 17.9. The number of para-hydroxylation sites is 1. The molecule has 0 fully saturated rings. The van der Waals surface area contributed by atoms with Crippen molar-refractivity contribution in [1.82, 2.24) is 0 Å². The molecule has 0 saturated carbocycles. The quantitative estimate of drug-likeness (QED) is 0.551. The SMILES string of the molecule is O=C1C2=C(C(=O)c3ccccc31)C1(C(=O)Nc3ccccc31)C1=C(O2)C(=O)c2ccccc2C1=O. The van der Waals surface area contributed by atoms with Crippen LogP contribution in [0.5, 0.6) is 0 Å². The van der Waals surface area contributed by atoms with Gasteiger partial charge in [0.1, 0.15) is 5.41 Å². The number of allylic oxidation sites excluding steroid dienone is 2. The van der Waals surface area contributed by atoms with Crippen molar-refractivity contribution in [2.24, 2.45) is 0 Å². The lowest BCUT2D eigenvalue weighted by atomic mass is 9.60. The van der Waals surface area contributed by atoms with E-state index in [-0.39, 0.29) is 33.4 Å². The third kappa shape index (κ3) is 2.13. The van der Waals surface area contributed by atoms with Crippen molar-refractivity contribution in [3.63, 3.8) is 0 Å². The van der Waals surface area contributed by atoms with Gasteiger partial charge in [0.15, 0.2) is 23.1 Å². The average Bonchev–Trinajstić information content (AvgIpc) is 3.17. The molecule has 0 bridgehead atoms. The normalized spacial score (nSPS) is 19.0. The smallest absolute Gasteiger partial charge is 0.244 e. The zero-order chi connectivity index (χ0) is 24.1. The monoisotopic (exact) mass is 459 g/mol. The van der Waals surface area contributed by atoms with Crippen LogP contribution in [0, 0.1) is 0 Å². The Morgan fingerprint density at radius 2 is 0.971 bits per heavy atom. The number of hydrogen-bond donors (Lipinski definition) is 1. The van der Waals surface area contributed by atoms with Crippen LogP contribution in [0.1, 0.15) is 47.0 Å². The van der Waals surface area contributed by atoms with Gasteiger partial charge in [-0.15, -0.1) is 0 Å². The molecule has 0 unspecified atom stereocenters. The number of anilines is 1. The van der Waals surface area contributed by atoms with Crippen molar-refractivity contribution in [2.75, 3.05) is 5.32 Å². The van der Waals surface area contributed by atoms with E-state index in [9.17, 15) is 24.0 Å². The zero-order valence-electron chi connectivity index (χ0n) is 17.9. The molecule has 2 heterocycles. The second-order valence-corrected chi connectivity index (χ2v) is 8.67. The van der Waals surface area contributed by atoms with Crippen LogP contribution in [0.3, 0.4) is 0 Å². The van der Waals surface area contributed by atoms with Gasteiger partial charge in [-0.1, -0.05) is 66.7 Å². The first-order valence-corrected chi connectivity index (χ1v) is 10.9. The molecule has 1 amide bonds. The van der Waals surface area contributed by atoms with Crippen LogP contribution in [0.4, 0.5) is 5.69 Å². The minimum atomic E-state index is -2.01. The second-order valence-electron chi connectivity index (χ2n) is 8.67. The first-order valence-electron chi connectivity index (χ1n) is 10.9. The molecule has 7 rings (SSSR count). The van der Waals surface area contributed by atoms with Gasteiger partial charge in [-0.2, -0.15) is 0 Å². The topological polar surface area (TPSA) is 107 Å². The fourth-order valence-electron chi connectivity index (χ4n) is 5.56. The summed E-state index contributed by atoms with van der Waals surface area (Å²) in [5.41, 5.74) is -1.38. The minimum Gasteiger partial charge on any atom is -0.448 e. The molecule has 2 aliphatic heterocycles. The summed E-state index contributed by atoms with van der Waals surface area (Å²) in [6, 6.07) is 19.1. The number of nitrogens with one attached hydrogen (secondary N) is 1. The standard InChI is InChI=1S/C28H13NO6/c30-21-13-7-1-3-9-15(13)23(32)25-19(21)28(17-11-5-6-12-18(17)29-27(28)34)20-22(31)14-8-2-4-10-16(14)24(33)26(20)35-25/h1-12H,(H,29,34). The van der Waals surface area contributed by atoms with E-state index >= 15 is 0 Å². The molecule has 0 atom stereocenters. The van der Waals surface area contributed by atoms with Crippen LogP contribution in [-0.2, 0) is 14.9 Å². The summed E-state index contributed by atoms with van der Waals surface area (Å²) in [7, 11) is 0. The van der Waals surface area contributed by atoms with Gasteiger partial charge in [0.05, 0.1) is 11.1 Å². The number of fused-ring (bicyclic) bond motifs is 6. The number of Topliss-reactive ketones (excluding diaryl/α,β-unsaturated/α-hetero) is 4. The molecule has 166 valence electrons. The number of hydrogen-bond acceptors (Lipinski definition) is 6. The van der Waals surface area contributed by atoms with Crippen LogP contribution in [-0.4, -0.2) is 29.0 Å². The van der Waals surface area contributed by atoms with Gasteiger partial charge in [-0.3, -0.25) is 24.0 Å². The van der Waals surface area contributed by atoms with Gasteiger partial charge in [0.2, 0.25) is 17.5 Å².